The van der Waals surface area contributed by atoms with Gasteiger partial charge in [-0.3, -0.25) is 4.79 Å². The number of aliphatic carboxylic acids is 1. The van der Waals surface area contributed by atoms with Crippen LogP contribution >= 0.6 is 0 Å². The summed E-state index contributed by atoms with van der Waals surface area (Å²) in [5.41, 5.74) is 0.801. The number of carbonyl (C=O) groups is 1. The van der Waals surface area contributed by atoms with E-state index in [9.17, 15) is 15.0 Å². The van der Waals surface area contributed by atoms with E-state index < -0.39 is 11.4 Å². The molecule has 19 heavy (non-hydrogen) atoms. The van der Waals surface area contributed by atoms with Crippen LogP contribution in [0.1, 0.15) is 30.4 Å². The lowest BCUT2D eigenvalue weighted by Crippen LogP contribution is -2.42. The summed E-state index contributed by atoms with van der Waals surface area (Å²) in [6, 6.07) is 5.37. The predicted octanol–water partition coefficient (Wildman–Crippen LogP) is 2.00. The highest BCUT2D eigenvalue weighted by molar-refractivity contribution is 5.83. The molecule has 0 atom stereocenters. The molecule has 0 amide bonds. The van der Waals surface area contributed by atoms with Crippen LogP contribution in [0.15, 0.2) is 18.2 Å². The number of phenolic OH excluding ortho intramolecular Hbond substituents is 1. The van der Waals surface area contributed by atoms with Crippen molar-refractivity contribution in [1.29, 1.82) is 0 Å². The van der Waals surface area contributed by atoms with Crippen molar-refractivity contribution in [2.75, 3.05) is 20.6 Å². The zero-order valence-electron chi connectivity index (χ0n) is 11.5. The summed E-state index contributed by atoms with van der Waals surface area (Å²) in [7, 11) is 4.01. The topological polar surface area (TPSA) is 60.8 Å². The molecule has 1 saturated carbocycles. The molecular weight excluding hydrogens is 242 g/mol. The lowest BCUT2D eigenvalue weighted by atomic mass is 9.64. The van der Waals surface area contributed by atoms with Gasteiger partial charge in [0.05, 0.1) is 5.41 Å². The highest BCUT2D eigenvalue weighted by Crippen LogP contribution is 2.47. The summed E-state index contributed by atoms with van der Waals surface area (Å²) in [6.07, 6.45) is 3.00. The van der Waals surface area contributed by atoms with Crippen LogP contribution < -0.4 is 0 Å². The lowest BCUT2D eigenvalue weighted by Gasteiger charge is -2.38. The number of hydrogen-bond donors (Lipinski definition) is 2. The van der Waals surface area contributed by atoms with Crippen LogP contribution in [0.2, 0.25) is 0 Å². The van der Waals surface area contributed by atoms with E-state index in [1.165, 1.54) is 0 Å². The van der Waals surface area contributed by atoms with Crippen molar-refractivity contribution in [2.24, 2.45) is 0 Å². The Morgan fingerprint density at radius 3 is 2.53 bits per heavy atom. The molecule has 0 aliphatic heterocycles. The van der Waals surface area contributed by atoms with Gasteiger partial charge >= 0.3 is 5.97 Å². The zero-order chi connectivity index (χ0) is 14.0. The van der Waals surface area contributed by atoms with Gasteiger partial charge in [0.1, 0.15) is 5.75 Å². The molecule has 0 radical (unpaired) electrons. The first-order valence-electron chi connectivity index (χ1n) is 6.66. The number of likely N-dealkylation sites (N-methyl/N-ethyl adjacent to an activating group) is 1. The summed E-state index contributed by atoms with van der Waals surface area (Å²) in [6.45, 7) is 0.907. The molecule has 1 aliphatic rings. The molecule has 0 heterocycles. The molecule has 1 aromatic rings. The Balaban J connectivity index is 2.29. The highest BCUT2D eigenvalue weighted by Gasteiger charge is 2.47. The van der Waals surface area contributed by atoms with Gasteiger partial charge in [0.2, 0.25) is 0 Å². The number of benzene rings is 1. The van der Waals surface area contributed by atoms with Crippen LogP contribution in [0, 0.1) is 0 Å². The Labute approximate surface area is 113 Å². The molecule has 0 unspecified atom stereocenters. The van der Waals surface area contributed by atoms with Crippen molar-refractivity contribution in [3.8, 4) is 5.75 Å². The third kappa shape index (κ3) is 2.59. The van der Waals surface area contributed by atoms with Gasteiger partial charge in [-0.25, -0.2) is 0 Å². The Hall–Kier alpha value is -1.55. The van der Waals surface area contributed by atoms with Gasteiger partial charge in [0.15, 0.2) is 0 Å². The first-order valence-corrected chi connectivity index (χ1v) is 6.66. The second-order valence-corrected chi connectivity index (χ2v) is 5.65. The van der Waals surface area contributed by atoms with Gasteiger partial charge in [-0.05, 0) is 45.0 Å². The first kappa shape index (κ1) is 13.9. The minimum Gasteiger partial charge on any atom is -0.508 e. The standard InChI is InChI=1S/C15H21NO3/c1-16(2)9-6-11-4-5-13(17)12(10-11)15(14(18)19)7-3-8-15/h4-5,10,17H,3,6-9H2,1-2H3,(H,18,19). The van der Waals surface area contributed by atoms with Crippen LogP contribution in [0.4, 0.5) is 0 Å². The Kier molecular flexibility index (Phi) is 3.80. The third-order valence-corrected chi connectivity index (χ3v) is 4.04. The maximum atomic E-state index is 11.5. The largest absolute Gasteiger partial charge is 0.508 e. The quantitative estimate of drug-likeness (QED) is 0.853. The Bertz CT molecular complexity index is 478. The number of rotatable bonds is 5. The molecule has 0 saturated heterocycles. The monoisotopic (exact) mass is 263 g/mol. The van der Waals surface area contributed by atoms with Crippen molar-refractivity contribution in [2.45, 2.75) is 31.1 Å². The van der Waals surface area contributed by atoms with Crippen molar-refractivity contribution in [3.05, 3.63) is 29.3 Å². The molecule has 1 aromatic carbocycles. The number of phenols is 1. The van der Waals surface area contributed by atoms with Crippen LogP contribution in [0.5, 0.6) is 5.75 Å². The molecule has 1 aliphatic carbocycles. The molecular formula is C15H21NO3. The number of carboxylic acids is 1. The van der Waals surface area contributed by atoms with Crippen molar-refractivity contribution >= 4 is 5.97 Å². The van der Waals surface area contributed by atoms with Crippen molar-refractivity contribution in [3.63, 3.8) is 0 Å². The molecule has 2 rings (SSSR count). The SMILES string of the molecule is CN(C)CCc1ccc(O)c(C2(C(=O)O)CCC2)c1. The van der Waals surface area contributed by atoms with Gasteiger partial charge in [0.25, 0.3) is 0 Å². The molecule has 2 N–H and O–H groups in total. The van der Waals surface area contributed by atoms with E-state index in [2.05, 4.69) is 4.90 Å². The molecule has 0 spiro atoms. The molecule has 4 heteroatoms. The number of hydrogen-bond acceptors (Lipinski definition) is 3. The molecule has 0 bridgehead atoms. The zero-order valence-corrected chi connectivity index (χ0v) is 11.5. The van der Waals surface area contributed by atoms with Gasteiger partial charge in [-0.1, -0.05) is 18.6 Å². The molecule has 104 valence electrons. The third-order valence-electron chi connectivity index (χ3n) is 4.04. The van der Waals surface area contributed by atoms with Crippen LogP contribution in [0.25, 0.3) is 0 Å². The van der Waals surface area contributed by atoms with E-state index in [-0.39, 0.29) is 5.75 Å². The molecule has 1 fully saturated rings. The summed E-state index contributed by atoms with van der Waals surface area (Å²) >= 11 is 0. The molecule has 0 aromatic heterocycles. The van der Waals surface area contributed by atoms with Crippen molar-refractivity contribution < 1.29 is 15.0 Å². The highest BCUT2D eigenvalue weighted by atomic mass is 16.4. The second-order valence-electron chi connectivity index (χ2n) is 5.65. The normalized spacial score (nSPS) is 17.2. The fourth-order valence-electron chi connectivity index (χ4n) is 2.60. The lowest BCUT2D eigenvalue weighted by molar-refractivity contribution is -0.147. The summed E-state index contributed by atoms with van der Waals surface area (Å²) in [4.78, 5) is 13.6. The predicted molar refractivity (Wildman–Crippen MR) is 73.5 cm³/mol. The smallest absolute Gasteiger partial charge is 0.314 e. The van der Waals surface area contributed by atoms with Gasteiger partial charge in [-0.15, -0.1) is 0 Å². The maximum absolute atomic E-state index is 11.5. The Morgan fingerprint density at radius 1 is 1.37 bits per heavy atom. The van der Waals surface area contributed by atoms with Crippen LogP contribution in [-0.2, 0) is 16.6 Å². The fourth-order valence-corrected chi connectivity index (χ4v) is 2.60. The van der Waals surface area contributed by atoms with Crippen molar-refractivity contribution in [1.82, 2.24) is 4.90 Å². The van der Waals surface area contributed by atoms with Gasteiger partial charge in [0, 0.05) is 12.1 Å². The first-order chi connectivity index (χ1) is 8.95. The number of carboxylic acid groups (broad SMARTS) is 1. The fraction of sp³-hybridized carbons (Fsp3) is 0.533. The minimum absolute atomic E-state index is 0.107. The molecule has 4 nitrogen and oxygen atoms in total. The van der Waals surface area contributed by atoms with E-state index in [4.69, 9.17) is 0 Å². The summed E-state index contributed by atoms with van der Waals surface area (Å²) in [5.74, 6) is -0.713. The minimum atomic E-state index is -0.863. The maximum Gasteiger partial charge on any atom is 0.314 e. The van der Waals surface area contributed by atoms with E-state index in [0.29, 0.717) is 18.4 Å². The van der Waals surface area contributed by atoms with Crippen LogP contribution in [0.3, 0.4) is 0 Å². The number of nitrogens with zero attached hydrogens (tertiary/aromatic N) is 1. The average Bonchev–Trinajstić information content (AvgIpc) is 2.27. The summed E-state index contributed by atoms with van der Waals surface area (Å²) < 4.78 is 0. The Morgan fingerprint density at radius 2 is 2.05 bits per heavy atom. The number of aromatic hydroxyl groups is 1. The van der Waals surface area contributed by atoms with E-state index in [0.717, 1.165) is 24.9 Å². The van der Waals surface area contributed by atoms with Crippen LogP contribution in [-0.4, -0.2) is 41.7 Å². The second kappa shape index (κ2) is 5.21. The van der Waals surface area contributed by atoms with E-state index in [1.54, 1.807) is 6.07 Å². The average molecular weight is 263 g/mol. The summed E-state index contributed by atoms with van der Waals surface area (Å²) in [5, 5.41) is 19.4. The van der Waals surface area contributed by atoms with Gasteiger partial charge < -0.3 is 15.1 Å². The van der Waals surface area contributed by atoms with Gasteiger partial charge in [-0.2, -0.15) is 0 Å². The van der Waals surface area contributed by atoms with E-state index >= 15 is 0 Å². The van der Waals surface area contributed by atoms with E-state index in [1.807, 2.05) is 26.2 Å².